The van der Waals surface area contributed by atoms with Crippen LogP contribution in [0.2, 0.25) is 0 Å². The van der Waals surface area contributed by atoms with E-state index < -0.39 is 6.10 Å². The highest BCUT2D eigenvalue weighted by Crippen LogP contribution is 2.26. The lowest BCUT2D eigenvalue weighted by Crippen LogP contribution is -2.41. The lowest BCUT2D eigenvalue weighted by molar-refractivity contribution is -0.138. The van der Waals surface area contributed by atoms with Crippen LogP contribution in [0.25, 0.3) is 10.8 Å². The van der Waals surface area contributed by atoms with E-state index in [1.54, 1.807) is 11.8 Å². The van der Waals surface area contributed by atoms with E-state index in [9.17, 15) is 9.90 Å². The van der Waals surface area contributed by atoms with Crippen LogP contribution < -0.4 is 9.47 Å². The molecule has 1 heterocycles. The maximum absolute atomic E-state index is 13.0. The largest absolute Gasteiger partial charge is 0.491 e. The summed E-state index contributed by atoms with van der Waals surface area (Å²) in [7, 11) is 0. The summed E-state index contributed by atoms with van der Waals surface area (Å²) in [6.45, 7) is 3.09. The number of rotatable bonds is 4. The molecule has 28 heavy (non-hydrogen) atoms. The molecular formula is C23H23NO4. The van der Waals surface area contributed by atoms with Crippen molar-refractivity contribution in [2.24, 2.45) is 0 Å². The second-order valence-electron chi connectivity index (χ2n) is 6.98. The first-order valence-corrected chi connectivity index (χ1v) is 9.44. The van der Waals surface area contributed by atoms with Crippen molar-refractivity contribution in [1.82, 2.24) is 4.90 Å². The Hall–Kier alpha value is -3.05. The number of aliphatic hydroxyl groups is 1. The highest BCUT2D eigenvalue weighted by molar-refractivity contribution is 5.84. The summed E-state index contributed by atoms with van der Waals surface area (Å²) in [5.74, 6) is 1.35. The Morgan fingerprint density at radius 1 is 1.14 bits per heavy atom. The van der Waals surface area contributed by atoms with Gasteiger partial charge < -0.3 is 19.5 Å². The van der Waals surface area contributed by atoms with E-state index in [2.05, 4.69) is 0 Å². The van der Waals surface area contributed by atoms with Gasteiger partial charge in [-0.25, -0.2) is 0 Å². The highest BCUT2D eigenvalue weighted by Gasteiger charge is 2.25. The van der Waals surface area contributed by atoms with Gasteiger partial charge in [-0.05, 0) is 47.5 Å². The van der Waals surface area contributed by atoms with Gasteiger partial charge >= 0.3 is 0 Å². The fourth-order valence-corrected chi connectivity index (χ4v) is 3.49. The van der Waals surface area contributed by atoms with Gasteiger partial charge in [0.2, 0.25) is 0 Å². The van der Waals surface area contributed by atoms with Crippen LogP contribution in [0.15, 0.2) is 60.7 Å². The van der Waals surface area contributed by atoms with Gasteiger partial charge in [-0.15, -0.1) is 0 Å². The first kappa shape index (κ1) is 18.3. The summed E-state index contributed by atoms with van der Waals surface area (Å²) in [4.78, 5) is 14.7. The van der Waals surface area contributed by atoms with E-state index in [1.807, 2.05) is 60.7 Å². The Bertz CT molecular complexity index is 1000. The number of ether oxygens (including phenoxy) is 2. The quantitative estimate of drug-likeness (QED) is 0.756. The molecule has 0 aromatic heterocycles. The summed E-state index contributed by atoms with van der Waals surface area (Å²) in [6, 6.07) is 19.5. The molecule has 1 N–H and O–H groups in total. The van der Waals surface area contributed by atoms with Gasteiger partial charge in [0.1, 0.15) is 18.1 Å². The van der Waals surface area contributed by atoms with Crippen molar-refractivity contribution in [3.05, 3.63) is 71.8 Å². The third-order valence-electron chi connectivity index (χ3n) is 4.98. The monoisotopic (exact) mass is 377 g/mol. The first-order chi connectivity index (χ1) is 13.6. The summed E-state index contributed by atoms with van der Waals surface area (Å²) in [5.41, 5.74) is 1.70. The Labute approximate surface area is 164 Å². The van der Waals surface area contributed by atoms with Gasteiger partial charge in [-0.1, -0.05) is 36.4 Å². The predicted molar refractivity (Wildman–Crippen MR) is 107 cm³/mol. The van der Waals surface area contributed by atoms with Crippen LogP contribution in [0.5, 0.6) is 11.5 Å². The zero-order chi connectivity index (χ0) is 19.5. The van der Waals surface area contributed by atoms with Crippen molar-refractivity contribution < 1.29 is 19.4 Å². The molecule has 3 aromatic carbocycles. The number of carbonyl (C=O) groups is 1. The summed E-state index contributed by atoms with van der Waals surface area (Å²) in [5, 5.41) is 11.6. The Morgan fingerprint density at radius 3 is 2.79 bits per heavy atom. The van der Waals surface area contributed by atoms with Crippen LogP contribution in [0.1, 0.15) is 18.1 Å². The van der Waals surface area contributed by atoms with Crippen molar-refractivity contribution in [2.45, 2.75) is 26.2 Å². The van der Waals surface area contributed by atoms with Crippen molar-refractivity contribution in [3.63, 3.8) is 0 Å². The minimum Gasteiger partial charge on any atom is -0.491 e. The minimum absolute atomic E-state index is 0.0390. The average Bonchev–Trinajstić information content (AvgIpc) is 2.94. The maximum atomic E-state index is 13.0. The fraction of sp³-hybridized carbons (Fsp3) is 0.261. The van der Waals surface area contributed by atoms with Gasteiger partial charge in [-0.2, -0.15) is 0 Å². The van der Waals surface area contributed by atoms with E-state index in [4.69, 9.17) is 9.47 Å². The maximum Gasteiger partial charge on any atom is 0.263 e. The zero-order valence-electron chi connectivity index (χ0n) is 15.8. The third kappa shape index (κ3) is 3.80. The molecule has 0 aliphatic carbocycles. The molecule has 1 aliphatic rings. The van der Waals surface area contributed by atoms with Crippen molar-refractivity contribution in [3.8, 4) is 11.5 Å². The predicted octanol–water partition coefficient (Wildman–Crippen LogP) is 3.52. The normalized spacial score (nSPS) is 14.7. The van der Waals surface area contributed by atoms with Crippen LogP contribution in [-0.4, -0.2) is 35.2 Å². The van der Waals surface area contributed by atoms with Gasteiger partial charge in [0.25, 0.3) is 5.91 Å². The molecule has 0 saturated carbocycles. The Balaban J connectivity index is 1.49. The fourth-order valence-electron chi connectivity index (χ4n) is 3.49. The van der Waals surface area contributed by atoms with Crippen LogP contribution in [0.4, 0.5) is 0 Å². The third-order valence-corrected chi connectivity index (χ3v) is 4.98. The van der Waals surface area contributed by atoms with Gasteiger partial charge in [0.15, 0.2) is 6.10 Å². The zero-order valence-corrected chi connectivity index (χ0v) is 15.8. The molecule has 0 spiro atoms. The summed E-state index contributed by atoms with van der Waals surface area (Å²) < 4.78 is 11.7. The number of fused-ring (bicyclic) bond motifs is 2. The molecule has 5 nitrogen and oxygen atoms in total. The van der Waals surface area contributed by atoms with Gasteiger partial charge in [-0.3, -0.25) is 4.79 Å². The number of carbonyl (C=O) groups excluding carboxylic acids is 1. The molecule has 0 radical (unpaired) electrons. The van der Waals surface area contributed by atoms with Crippen molar-refractivity contribution >= 4 is 16.7 Å². The minimum atomic E-state index is -0.608. The first-order valence-electron chi connectivity index (χ1n) is 9.44. The van der Waals surface area contributed by atoms with E-state index >= 15 is 0 Å². The van der Waals surface area contributed by atoms with Crippen LogP contribution in [0, 0.1) is 0 Å². The van der Waals surface area contributed by atoms with Crippen molar-refractivity contribution in [2.75, 3.05) is 13.2 Å². The second-order valence-corrected chi connectivity index (χ2v) is 6.98. The SMILES string of the molecule is CC(Oc1ccc2ccccc2c1)C(=O)N1CCOc2ccc(CO)cc2C1. The number of amides is 1. The molecule has 3 aromatic rings. The molecule has 4 rings (SSSR count). The Morgan fingerprint density at radius 2 is 1.96 bits per heavy atom. The van der Waals surface area contributed by atoms with Crippen LogP contribution in [0.3, 0.4) is 0 Å². The topological polar surface area (TPSA) is 59.0 Å². The van der Waals surface area contributed by atoms with Crippen molar-refractivity contribution in [1.29, 1.82) is 0 Å². The number of benzene rings is 3. The molecule has 0 bridgehead atoms. The van der Waals surface area contributed by atoms with Crippen LogP contribution in [-0.2, 0) is 17.9 Å². The lowest BCUT2D eigenvalue weighted by Gasteiger charge is -2.24. The molecule has 0 fully saturated rings. The highest BCUT2D eigenvalue weighted by atomic mass is 16.5. The molecule has 5 heteroatoms. The molecule has 1 aliphatic heterocycles. The van der Waals surface area contributed by atoms with E-state index in [-0.39, 0.29) is 12.5 Å². The molecule has 1 atom stereocenters. The molecular weight excluding hydrogens is 354 g/mol. The molecule has 1 amide bonds. The molecule has 144 valence electrons. The second kappa shape index (κ2) is 7.90. The summed E-state index contributed by atoms with van der Waals surface area (Å²) in [6.07, 6.45) is -0.608. The van der Waals surface area contributed by atoms with Gasteiger partial charge in [0.05, 0.1) is 13.2 Å². The molecule has 0 saturated heterocycles. The Kier molecular flexibility index (Phi) is 5.17. The van der Waals surface area contributed by atoms with E-state index in [1.165, 1.54) is 0 Å². The van der Waals surface area contributed by atoms with E-state index in [0.717, 1.165) is 27.6 Å². The number of nitrogens with zero attached hydrogens (tertiary/aromatic N) is 1. The standard InChI is InChI=1S/C23H23NO4/c1-16(28-21-8-7-18-4-2-3-5-19(18)13-21)23(26)24-10-11-27-22-9-6-17(15-25)12-20(22)14-24/h2-9,12-13,16,25H,10-11,14-15H2,1H3. The summed E-state index contributed by atoms with van der Waals surface area (Å²) >= 11 is 0. The number of hydrogen-bond donors (Lipinski definition) is 1. The smallest absolute Gasteiger partial charge is 0.263 e. The number of hydrogen-bond acceptors (Lipinski definition) is 4. The number of aliphatic hydroxyl groups excluding tert-OH is 1. The van der Waals surface area contributed by atoms with Crippen LogP contribution >= 0.6 is 0 Å². The lowest BCUT2D eigenvalue weighted by atomic mass is 10.1. The average molecular weight is 377 g/mol. The van der Waals surface area contributed by atoms with Gasteiger partial charge in [0, 0.05) is 12.1 Å². The van der Waals surface area contributed by atoms with E-state index in [0.29, 0.717) is 25.4 Å². The molecule has 1 unspecified atom stereocenters.